The Labute approximate surface area is 107 Å². The van der Waals surface area contributed by atoms with E-state index in [1.165, 1.54) is 0 Å². The first-order valence-corrected chi connectivity index (χ1v) is 5.58. The van der Waals surface area contributed by atoms with Crippen LogP contribution in [0.15, 0.2) is 0 Å². The van der Waals surface area contributed by atoms with E-state index in [0.29, 0.717) is 0 Å². The molecule has 0 saturated heterocycles. The minimum atomic E-state index is -1.50. The Morgan fingerprint density at radius 3 is 1.71 bits per heavy atom. The van der Waals surface area contributed by atoms with Gasteiger partial charge in [0.2, 0.25) is 5.91 Å². The number of alkyl halides is 1. The number of halogens is 1. The molecule has 5 N–H and O–H groups in total. The predicted octanol–water partition coefficient (Wildman–Crippen LogP) is -1.12. The molecule has 0 atom stereocenters. The molecule has 17 heavy (non-hydrogen) atoms. The van der Waals surface area contributed by atoms with E-state index in [4.69, 9.17) is 31.9 Å². The van der Waals surface area contributed by atoms with Gasteiger partial charge in [0.05, 0.1) is 17.6 Å². The molecule has 0 rings (SSSR count). The SMILES string of the molecule is CC(C)(O)C(C)(C)O.O=C(CCl)NCB(O)O. The molecule has 0 heterocycles. The number of amides is 1. The van der Waals surface area contributed by atoms with Crippen LogP contribution in [0.5, 0.6) is 0 Å². The maximum Gasteiger partial charge on any atom is 0.472 e. The summed E-state index contributed by atoms with van der Waals surface area (Å²) >= 11 is 5.06. The van der Waals surface area contributed by atoms with Crippen molar-refractivity contribution in [2.75, 3.05) is 12.3 Å². The first-order valence-electron chi connectivity index (χ1n) is 5.05. The van der Waals surface area contributed by atoms with Crippen molar-refractivity contribution in [3.05, 3.63) is 0 Å². The van der Waals surface area contributed by atoms with Crippen LogP contribution in [0.4, 0.5) is 0 Å². The Balaban J connectivity index is 0. The maximum absolute atomic E-state index is 10.3. The van der Waals surface area contributed by atoms with Gasteiger partial charge in [-0.25, -0.2) is 0 Å². The molecule has 0 bridgehead atoms. The molecular weight excluding hydrogens is 248 g/mol. The quantitative estimate of drug-likeness (QED) is 0.328. The highest BCUT2D eigenvalue weighted by Gasteiger charge is 2.31. The fourth-order valence-electron chi connectivity index (χ4n) is 0.252. The smallest absolute Gasteiger partial charge is 0.426 e. The number of hydrogen-bond acceptors (Lipinski definition) is 5. The summed E-state index contributed by atoms with van der Waals surface area (Å²) in [6.45, 7) is 6.31. The van der Waals surface area contributed by atoms with Crippen LogP contribution in [0.3, 0.4) is 0 Å². The van der Waals surface area contributed by atoms with Gasteiger partial charge in [-0.3, -0.25) is 4.79 Å². The minimum absolute atomic E-state index is 0.160. The Hall–Kier alpha value is -0.335. The van der Waals surface area contributed by atoms with Crippen LogP contribution in [-0.2, 0) is 4.79 Å². The van der Waals surface area contributed by atoms with Gasteiger partial charge in [-0.1, -0.05) is 0 Å². The van der Waals surface area contributed by atoms with E-state index in [0.717, 1.165) is 0 Å². The predicted molar refractivity (Wildman–Crippen MR) is 66.5 cm³/mol. The van der Waals surface area contributed by atoms with E-state index in [9.17, 15) is 4.79 Å². The zero-order valence-electron chi connectivity index (χ0n) is 10.6. The molecule has 0 aromatic heterocycles. The van der Waals surface area contributed by atoms with Crippen LogP contribution >= 0.6 is 11.6 Å². The monoisotopic (exact) mass is 269 g/mol. The zero-order valence-corrected chi connectivity index (χ0v) is 11.3. The summed E-state index contributed by atoms with van der Waals surface area (Å²) in [6, 6.07) is 0. The molecule has 102 valence electrons. The number of aliphatic hydroxyl groups is 2. The largest absolute Gasteiger partial charge is 0.472 e. The standard InChI is InChI=1S/C6H14O2.C3H7BClNO3/c1-5(2,7)6(3,4)8;5-1-3(7)6-2-4(8)9/h7-8H,1-4H3;8-9H,1-2H2,(H,6,7). The van der Waals surface area contributed by atoms with Gasteiger partial charge in [0.1, 0.15) is 5.88 Å². The van der Waals surface area contributed by atoms with Crippen LogP contribution in [0.25, 0.3) is 0 Å². The van der Waals surface area contributed by atoms with Crippen molar-refractivity contribution in [1.29, 1.82) is 0 Å². The number of hydrogen-bond donors (Lipinski definition) is 5. The highest BCUT2D eigenvalue weighted by atomic mass is 35.5. The molecular formula is C9H21BClNO5. The van der Waals surface area contributed by atoms with E-state index in [1.807, 2.05) is 0 Å². The third-order valence-corrected chi connectivity index (χ3v) is 2.34. The second-order valence-electron chi connectivity index (χ2n) is 4.54. The molecule has 0 fully saturated rings. The molecule has 0 radical (unpaired) electrons. The topological polar surface area (TPSA) is 110 Å². The number of rotatable bonds is 4. The van der Waals surface area contributed by atoms with Crippen LogP contribution in [0.2, 0.25) is 0 Å². The molecule has 0 aliphatic rings. The summed E-state index contributed by atoms with van der Waals surface area (Å²) in [5.74, 6) is -0.572. The number of nitrogens with one attached hydrogen (secondary N) is 1. The maximum atomic E-state index is 10.3. The lowest BCUT2D eigenvalue weighted by atomic mass is 9.90. The summed E-state index contributed by atoms with van der Waals surface area (Å²) < 4.78 is 0. The molecule has 0 aromatic rings. The van der Waals surface area contributed by atoms with Crippen molar-refractivity contribution in [3.63, 3.8) is 0 Å². The third kappa shape index (κ3) is 11.9. The molecule has 6 nitrogen and oxygen atoms in total. The number of carbonyl (C=O) groups is 1. The molecule has 8 heteroatoms. The second kappa shape index (κ2) is 7.89. The normalized spacial score (nSPS) is 11.4. The summed E-state index contributed by atoms with van der Waals surface area (Å²) in [7, 11) is -1.50. The van der Waals surface area contributed by atoms with Gasteiger partial charge in [0.25, 0.3) is 0 Å². The lowest BCUT2D eigenvalue weighted by Crippen LogP contribution is -2.44. The van der Waals surface area contributed by atoms with Gasteiger partial charge in [-0.15, -0.1) is 11.6 Å². The molecule has 0 aromatic carbocycles. The first kappa shape index (κ1) is 19.0. The van der Waals surface area contributed by atoms with Gasteiger partial charge >= 0.3 is 7.12 Å². The Morgan fingerprint density at radius 2 is 1.53 bits per heavy atom. The van der Waals surface area contributed by atoms with Crippen molar-refractivity contribution in [2.24, 2.45) is 0 Å². The van der Waals surface area contributed by atoms with Crippen molar-refractivity contribution in [3.8, 4) is 0 Å². The molecule has 0 aliphatic carbocycles. The van der Waals surface area contributed by atoms with Gasteiger partial charge in [0.15, 0.2) is 0 Å². The van der Waals surface area contributed by atoms with Crippen molar-refractivity contribution < 1.29 is 25.1 Å². The lowest BCUT2D eigenvalue weighted by molar-refractivity contribution is -0.118. The van der Waals surface area contributed by atoms with E-state index in [2.05, 4.69) is 5.32 Å². The van der Waals surface area contributed by atoms with Gasteiger partial charge in [0, 0.05) is 0 Å². The van der Waals surface area contributed by atoms with Crippen molar-refractivity contribution in [1.82, 2.24) is 5.32 Å². The lowest BCUT2D eigenvalue weighted by Gasteiger charge is -2.31. The van der Waals surface area contributed by atoms with Crippen molar-refractivity contribution in [2.45, 2.75) is 38.9 Å². The molecule has 0 unspecified atom stereocenters. The summed E-state index contributed by atoms with van der Waals surface area (Å²) in [4.78, 5) is 10.3. The Kier molecular flexibility index (Phi) is 8.82. The molecule has 0 spiro atoms. The van der Waals surface area contributed by atoms with Gasteiger partial charge < -0.3 is 25.6 Å². The van der Waals surface area contributed by atoms with Crippen molar-refractivity contribution >= 4 is 24.6 Å². The van der Waals surface area contributed by atoms with E-state index in [1.54, 1.807) is 27.7 Å². The van der Waals surface area contributed by atoms with Crippen LogP contribution in [-0.4, -0.2) is 56.8 Å². The minimum Gasteiger partial charge on any atom is -0.426 e. The average Bonchev–Trinajstić information content (AvgIpc) is 2.11. The van der Waals surface area contributed by atoms with Gasteiger partial charge in [-0.05, 0) is 27.7 Å². The molecule has 0 saturated carbocycles. The summed E-state index contributed by atoms with van der Waals surface area (Å²) in [5.41, 5.74) is -2.01. The fourth-order valence-corrected chi connectivity index (χ4v) is 0.347. The summed E-state index contributed by atoms with van der Waals surface area (Å²) in [6.07, 6.45) is -0.175. The van der Waals surface area contributed by atoms with Gasteiger partial charge in [-0.2, -0.15) is 0 Å². The zero-order chi connectivity index (χ0) is 14.3. The van der Waals surface area contributed by atoms with Crippen LogP contribution in [0.1, 0.15) is 27.7 Å². The van der Waals surface area contributed by atoms with E-state index >= 15 is 0 Å². The number of carbonyl (C=O) groups excluding carboxylic acids is 1. The molecule has 0 aliphatic heterocycles. The summed E-state index contributed by atoms with van der Waals surface area (Å²) in [5, 5.41) is 36.8. The van der Waals surface area contributed by atoms with E-state index in [-0.39, 0.29) is 12.3 Å². The van der Waals surface area contributed by atoms with Crippen LogP contribution < -0.4 is 5.32 Å². The third-order valence-electron chi connectivity index (χ3n) is 2.10. The highest BCUT2D eigenvalue weighted by Crippen LogP contribution is 2.19. The van der Waals surface area contributed by atoms with E-state index < -0.39 is 24.2 Å². The average molecular weight is 270 g/mol. The highest BCUT2D eigenvalue weighted by molar-refractivity contribution is 6.41. The van der Waals surface area contributed by atoms with Crippen LogP contribution in [0, 0.1) is 0 Å². The Morgan fingerprint density at radius 1 is 1.18 bits per heavy atom. The second-order valence-corrected chi connectivity index (χ2v) is 4.80. The first-order chi connectivity index (χ1) is 7.41. The fraction of sp³-hybridized carbons (Fsp3) is 0.889. The molecule has 1 amide bonds. The Bertz CT molecular complexity index is 212.